The van der Waals surface area contributed by atoms with Gasteiger partial charge in [0, 0.05) is 28.1 Å². The Morgan fingerprint density at radius 1 is 0.605 bits per heavy atom. The van der Waals surface area contributed by atoms with Crippen LogP contribution in [0.4, 0.5) is 17.1 Å². The van der Waals surface area contributed by atoms with Crippen LogP contribution in [0.15, 0.2) is 140 Å². The van der Waals surface area contributed by atoms with Crippen molar-refractivity contribution >= 4 is 39.0 Å². The molecule has 7 aromatic rings. The molecule has 2 heterocycles. The van der Waals surface area contributed by atoms with Gasteiger partial charge in [-0.3, -0.25) is 4.57 Å². The Bertz CT molecular complexity index is 1830. The van der Waals surface area contributed by atoms with E-state index >= 15 is 0 Å². The minimum absolute atomic E-state index is 0.966. The first-order valence-corrected chi connectivity index (χ1v) is 12.8. The van der Waals surface area contributed by atoms with Crippen molar-refractivity contribution in [1.82, 2.24) is 14.1 Å². The van der Waals surface area contributed by atoms with Crippen LogP contribution in [0, 0.1) is 6.92 Å². The van der Waals surface area contributed by atoms with Crippen LogP contribution < -0.4 is 4.90 Å². The third-order valence-corrected chi connectivity index (χ3v) is 7.15. The van der Waals surface area contributed by atoms with Gasteiger partial charge in [-0.2, -0.15) is 0 Å². The molecule has 4 nitrogen and oxygen atoms in total. The molecule has 0 unspecified atom stereocenters. The number of rotatable bonds is 5. The number of fused-ring (bicyclic) bond motifs is 2. The van der Waals surface area contributed by atoms with E-state index in [2.05, 4.69) is 148 Å². The van der Waals surface area contributed by atoms with Gasteiger partial charge in [-0.15, -0.1) is 0 Å². The molecule has 4 heteroatoms. The highest BCUT2D eigenvalue weighted by Crippen LogP contribution is 2.44. The summed E-state index contributed by atoms with van der Waals surface area (Å²) in [5.74, 6) is 0. The lowest BCUT2D eigenvalue weighted by atomic mass is 10.1. The van der Waals surface area contributed by atoms with Crippen LogP contribution in [-0.4, -0.2) is 14.1 Å². The summed E-state index contributed by atoms with van der Waals surface area (Å²) in [5.41, 5.74) is 9.97. The van der Waals surface area contributed by atoms with E-state index in [0.717, 1.165) is 45.0 Å². The normalized spacial score (nSPS) is 11.3. The predicted octanol–water partition coefficient (Wildman–Crippen LogP) is 8.75. The zero-order valence-electron chi connectivity index (χ0n) is 21.1. The van der Waals surface area contributed by atoms with E-state index in [9.17, 15) is 0 Å². The molecule has 38 heavy (non-hydrogen) atoms. The average molecular weight is 491 g/mol. The molecule has 0 amide bonds. The van der Waals surface area contributed by atoms with E-state index in [-0.39, 0.29) is 0 Å². The van der Waals surface area contributed by atoms with Gasteiger partial charge < -0.3 is 9.47 Å². The first-order chi connectivity index (χ1) is 18.8. The van der Waals surface area contributed by atoms with E-state index in [1.807, 2.05) is 12.4 Å². The number of hydrogen-bond donors (Lipinski definition) is 0. The Labute approximate surface area is 221 Å². The van der Waals surface area contributed by atoms with Crippen molar-refractivity contribution in [2.45, 2.75) is 6.92 Å². The molecule has 0 radical (unpaired) electrons. The molecule has 0 saturated heterocycles. The largest absolute Gasteiger partial charge is 0.310 e. The lowest BCUT2D eigenvalue weighted by Gasteiger charge is -2.26. The van der Waals surface area contributed by atoms with Gasteiger partial charge in [-0.1, -0.05) is 78.9 Å². The maximum Gasteiger partial charge on any atom is 0.100 e. The average Bonchev–Trinajstić information content (AvgIpc) is 3.54. The minimum Gasteiger partial charge on any atom is -0.310 e. The van der Waals surface area contributed by atoms with Gasteiger partial charge >= 0.3 is 0 Å². The van der Waals surface area contributed by atoms with Crippen LogP contribution in [0.3, 0.4) is 0 Å². The Hall–Kier alpha value is -5.09. The molecule has 0 saturated carbocycles. The third-order valence-electron chi connectivity index (χ3n) is 7.15. The quantitative estimate of drug-likeness (QED) is 0.241. The van der Waals surface area contributed by atoms with E-state index in [1.165, 1.54) is 11.1 Å². The lowest BCUT2D eigenvalue weighted by Crippen LogP contribution is -2.11. The number of aromatic nitrogens is 3. The van der Waals surface area contributed by atoms with Gasteiger partial charge in [-0.05, 0) is 61.5 Å². The van der Waals surface area contributed by atoms with Crippen molar-refractivity contribution in [3.63, 3.8) is 0 Å². The van der Waals surface area contributed by atoms with Gasteiger partial charge in [0.05, 0.1) is 27.9 Å². The summed E-state index contributed by atoms with van der Waals surface area (Å²) in [5, 5.41) is 1.19. The fraction of sp³-hybridized carbons (Fsp3) is 0.0294. The van der Waals surface area contributed by atoms with Gasteiger partial charge in [0.2, 0.25) is 0 Å². The number of nitrogens with zero attached hydrogens (tertiary/aromatic N) is 4. The first-order valence-electron chi connectivity index (χ1n) is 12.8. The van der Waals surface area contributed by atoms with Gasteiger partial charge in [0.15, 0.2) is 0 Å². The van der Waals surface area contributed by atoms with Crippen molar-refractivity contribution in [2.24, 2.45) is 0 Å². The summed E-state index contributed by atoms with van der Waals surface area (Å²) in [7, 11) is 0. The van der Waals surface area contributed by atoms with Crippen molar-refractivity contribution in [3.8, 4) is 11.4 Å². The number of imidazole rings is 1. The molecule has 0 aliphatic carbocycles. The Morgan fingerprint density at radius 3 is 1.89 bits per heavy atom. The summed E-state index contributed by atoms with van der Waals surface area (Å²) in [4.78, 5) is 7.13. The fourth-order valence-corrected chi connectivity index (χ4v) is 5.52. The van der Waals surface area contributed by atoms with E-state index < -0.39 is 0 Å². The SMILES string of the molecule is Cc1c(N(c2ccccc2)c2ccccc2)c2ccccc2n1-c1cccc2ncn(-c3ccccc3)c12. The summed E-state index contributed by atoms with van der Waals surface area (Å²) in [6.45, 7) is 2.22. The second-order valence-corrected chi connectivity index (χ2v) is 9.39. The molecular formula is C34H26N4. The number of anilines is 3. The van der Waals surface area contributed by atoms with Crippen LogP contribution >= 0.6 is 0 Å². The van der Waals surface area contributed by atoms with Gasteiger partial charge in [0.1, 0.15) is 6.33 Å². The zero-order valence-corrected chi connectivity index (χ0v) is 21.1. The second-order valence-electron chi connectivity index (χ2n) is 9.39. The molecule has 0 atom stereocenters. The molecule has 182 valence electrons. The molecule has 0 aliphatic rings. The molecule has 0 spiro atoms. The predicted molar refractivity (Wildman–Crippen MR) is 157 cm³/mol. The number of para-hydroxylation sites is 5. The summed E-state index contributed by atoms with van der Waals surface area (Å²) < 4.78 is 4.57. The van der Waals surface area contributed by atoms with Crippen LogP contribution in [0.1, 0.15) is 5.69 Å². The van der Waals surface area contributed by atoms with E-state index in [1.54, 1.807) is 0 Å². The lowest BCUT2D eigenvalue weighted by molar-refractivity contribution is 1.03. The molecule has 0 N–H and O–H groups in total. The van der Waals surface area contributed by atoms with Crippen LogP contribution in [0.2, 0.25) is 0 Å². The Morgan fingerprint density at radius 2 is 1.21 bits per heavy atom. The Kier molecular flexibility index (Phi) is 5.30. The molecule has 7 rings (SSSR count). The molecule has 0 aliphatic heterocycles. The smallest absolute Gasteiger partial charge is 0.100 e. The molecule has 5 aromatic carbocycles. The molecule has 0 fully saturated rings. The fourth-order valence-electron chi connectivity index (χ4n) is 5.52. The summed E-state index contributed by atoms with van der Waals surface area (Å²) >= 11 is 0. The zero-order chi connectivity index (χ0) is 25.5. The monoisotopic (exact) mass is 490 g/mol. The van der Waals surface area contributed by atoms with Crippen LogP contribution in [-0.2, 0) is 0 Å². The van der Waals surface area contributed by atoms with E-state index in [0.29, 0.717) is 0 Å². The van der Waals surface area contributed by atoms with Gasteiger partial charge in [-0.25, -0.2) is 4.98 Å². The highest BCUT2D eigenvalue weighted by molar-refractivity contribution is 6.02. The van der Waals surface area contributed by atoms with Crippen molar-refractivity contribution < 1.29 is 0 Å². The maximum atomic E-state index is 4.77. The highest BCUT2D eigenvalue weighted by Gasteiger charge is 2.24. The first kappa shape index (κ1) is 22.1. The van der Waals surface area contributed by atoms with Gasteiger partial charge in [0.25, 0.3) is 0 Å². The van der Waals surface area contributed by atoms with Crippen molar-refractivity contribution in [2.75, 3.05) is 4.90 Å². The third kappa shape index (κ3) is 3.50. The number of hydrogen-bond acceptors (Lipinski definition) is 2. The van der Waals surface area contributed by atoms with E-state index in [4.69, 9.17) is 4.98 Å². The van der Waals surface area contributed by atoms with Crippen LogP contribution in [0.25, 0.3) is 33.3 Å². The topological polar surface area (TPSA) is 26.0 Å². The summed E-state index contributed by atoms with van der Waals surface area (Å²) in [6, 6.07) is 46.7. The maximum absolute atomic E-state index is 4.77. The van der Waals surface area contributed by atoms with Crippen LogP contribution in [0.5, 0.6) is 0 Å². The molecular weight excluding hydrogens is 464 g/mol. The number of benzene rings is 5. The minimum atomic E-state index is 0.966. The second kappa shape index (κ2) is 9.09. The highest BCUT2D eigenvalue weighted by atomic mass is 15.2. The standard InChI is InChI=1S/C34H26N4/c1-25-33(38(27-16-7-3-8-17-27)28-18-9-4-10-19-28)29-20-11-12-22-31(29)37(25)32-23-13-21-30-34(32)36(24-35-30)26-14-5-2-6-15-26/h2-24H,1H3. The summed E-state index contributed by atoms with van der Waals surface area (Å²) in [6.07, 6.45) is 1.92. The molecule has 2 aromatic heterocycles. The van der Waals surface area contributed by atoms with Crippen molar-refractivity contribution in [1.29, 1.82) is 0 Å². The van der Waals surface area contributed by atoms with Crippen molar-refractivity contribution in [3.05, 3.63) is 145 Å². The Balaban J connectivity index is 1.55. The molecule has 0 bridgehead atoms.